The van der Waals surface area contributed by atoms with Crippen molar-refractivity contribution in [2.24, 2.45) is 11.8 Å². The summed E-state index contributed by atoms with van der Waals surface area (Å²) in [7, 11) is 0. The van der Waals surface area contributed by atoms with Crippen LogP contribution < -0.4 is 10.2 Å². The zero-order valence-corrected chi connectivity index (χ0v) is 18.3. The Morgan fingerprint density at radius 1 is 0.968 bits per heavy atom. The Bertz CT molecular complexity index is 1050. The molecule has 2 aromatic carbocycles. The minimum atomic E-state index is -0.266. The van der Waals surface area contributed by atoms with Crippen molar-refractivity contribution >= 4 is 29.1 Å². The van der Waals surface area contributed by atoms with Gasteiger partial charge in [-0.25, -0.2) is 0 Å². The molecule has 0 aromatic heterocycles. The molecule has 0 saturated carbocycles. The van der Waals surface area contributed by atoms with E-state index in [0.717, 1.165) is 35.2 Å². The van der Waals surface area contributed by atoms with Crippen LogP contribution in [0.25, 0.3) is 0 Å². The fourth-order valence-electron chi connectivity index (χ4n) is 4.64. The van der Waals surface area contributed by atoms with E-state index < -0.39 is 0 Å². The zero-order valence-electron chi connectivity index (χ0n) is 18.3. The molecule has 1 aliphatic carbocycles. The standard InChI is InChI=1S/C26H28N2O3/c1-4-17-7-6-8-18(5-2)23(17)27-24(29)19-10-12-20(13-11-19)28-25(30)21-14-9-16(3)15-22(21)26(28)31/h6-13,21-22H,4-5,14-15H2,1-3H3,(H,27,29)/t21-,22-/m1/s1. The predicted molar refractivity (Wildman–Crippen MR) is 122 cm³/mol. The molecular formula is C26H28N2O3. The summed E-state index contributed by atoms with van der Waals surface area (Å²) in [6.07, 6.45) is 4.98. The van der Waals surface area contributed by atoms with E-state index in [9.17, 15) is 14.4 Å². The Hall–Kier alpha value is -3.21. The molecule has 1 heterocycles. The molecule has 31 heavy (non-hydrogen) atoms. The number of imide groups is 1. The first-order chi connectivity index (χ1) is 14.9. The highest BCUT2D eigenvalue weighted by Crippen LogP contribution is 2.39. The van der Waals surface area contributed by atoms with Gasteiger partial charge in [0.15, 0.2) is 0 Å². The fourth-order valence-corrected chi connectivity index (χ4v) is 4.64. The average molecular weight is 417 g/mol. The lowest BCUT2D eigenvalue weighted by molar-refractivity contribution is -0.122. The highest BCUT2D eigenvalue weighted by atomic mass is 16.2. The number of nitrogens with one attached hydrogen (secondary N) is 1. The minimum Gasteiger partial charge on any atom is -0.321 e. The lowest BCUT2D eigenvalue weighted by Gasteiger charge is -2.18. The lowest BCUT2D eigenvalue weighted by atomic mass is 9.82. The molecule has 3 amide bonds. The second-order valence-electron chi connectivity index (χ2n) is 8.37. The number of fused-ring (bicyclic) bond motifs is 1. The van der Waals surface area contributed by atoms with Crippen LogP contribution in [0.5, 0.6) is 0 Å². The third-order valence-electron chi connectivity index (χ3n) is 6.45. The maximum atomic E-state index is 12.9. The van der Waals surface area contributed by atoms with Crippen molar-refractivity contribution in [2.75, 3.05) is 10.2 Å². The number of para-hydroxylation sites is 1. The summed E-state index contributed by atoms with van der Waals surface area (Å²) in [5.74, 6) is -1.00. The number of allylic oxidation sites excluding steroid dienone is 2. The molecule has 2 aromatic rings. The van der Waals surface area contributed by atoms with Gasteiger partial charge in [0.1, 0.15) is 0 Å². The van der Waals surface area contributed by atoms with Gasteiger partial charge in [0.25, 0.3) is 5.91 Å². The van der Waals surface area contributed by atoms with Crippen molar-refractivity contribution in [1.82, 2.24) is 0 Å². The number of anilines is 2. The molecule has 0 radical (unpaired) electrons. The summed E-state index contributed by atoms with van der Waals surface area (Å²) in [6.45, 7) is 6.14. The van der Waals surface area contributed by atoms with E-state index in [4.69, 9.17) is 0 Å². The van der Waals surface area contributed by atoms with E-state index >= 15 is 0 Å². The molecule has 1 fully saturated rings. The molecule has 1 saturated heterocycles. The Balaban J connectivity index is 1.54. The maximum Gasteiger partial charge on any atom is 0.255 e. The van der Waals surface area contributed by atoms with E-state index in [1.807, 2.05) is 25.1 Å². The van der Waals surface area contributed by atoms with Crippen LogP contribution in [0.15, 0.2) is 54.1 Å². The molecule has 1 aliphatic heterocycles. The number of amides is 3. The molecular weight excluding hydrogens is 388 g/mol. The summed E-state index contributed by atoms with van der Waals surface area (Å²) in [4.78, 5) is 39.9. The molecule has 0 spiro atoms. The minimum absolute atomic E-state index is 0.135. The maximum absolute atomic E-state index is 12.9. The summed E-state index contributed by atoms with van der Waals surface area (Å²) in [6, 6.07) is 12.8. The molecule has 1 N–H and O–H groups in total. The Kier molecular flexibility index (Phi) is 5.77. The van der Waals surface area contributed by atoms with Crippen molar-refractivity contribution in [1.29, 1.82) is 0 Å². The Morgan fingerprint density at radius 3 is 2.19 bits per heavy atom. The van der Waals surface area contributed by atoms with Crippen LogP contribution in [0, 0.1) is 11.8 Å². The van der Waals surface area contributed by atoms with Crippen LogP contribution in [0.2, 0.25) is 0 Å². The van der Waals surface area contributed by atoms with E-state index in [1.165, 1.54) is 4.90 Å². The first-order valence-electron chi connectivity index (χ1n) is 11.0. The molecule has 5 heteroatoms. The van der Waals surface area contributed by atoms with Crippen LogP contribution in [0.3, 0.4) is 0 Å². The Morgan fingerprint density at radius 2 is 1.58 bits per heavy atom. The van der Waals surface area contributed by atoms with Gasteiger partial charge in [-0.15, -0.1) is 0 Å². The molecule has 0 bridgehead atoms. The molecule has 2 aliphatic rings. The summed E-state index contributed by atoms with van der Waals surface area (Å²) < 4.78 is 0. The number of carbonyl (C=O) groups is 3. The second kappa shape index (κ2) is 8.50. The van der Waals surface area contributed by atoms with Crippen molar-refractivity contribution in [3.8, 4) is 0 Å². The largest absolute Gasteiger partial charge is 0.321 e. The lowest BCUT2D eigenvalue weighted by Crippen LogP contribution is -2.30. The molecule has 160 valence electrons. The fraction of sp³-hybridized carbons (Fsp3) is 0.346. The van der Waals surface area contributed by atoms with Gasteiger partial charge >= 0.3 is 0 Å². The number of hydrogen-bond acceptors (Lipinski definition) is 3. The van der Waals surface area contributed by atoms with Crippen LogP contribution in [0.1, 0.15) is 55.1 Å². The monoisotopic (exact) mass is 416 g/mol. The number of benzene rings is 2. The van der Waals surface area contributed by atoms with Crippen molar-refractivity contribution in [3.05, 3.63) is 70.8 Å². The highest BCUT2D eigenvalue weighted by molar-refractivity contribution is 6.22. The molecule has 2 atom stereocenters. The van der Waals surface area contributed by atoms with E-state index in [2.05, 4.69) is 25.2 Å². The average Bonchev–Trinajstić information content (AvgIpc) is 3.03. The van der Waals surface area contributed by atoms with Gasteiger partial charge < -0.3 is 5.32 Å². The number of carbonyl (C=O) groups excluding carboxylic acids is 3. The van der Waals surface area contributed by atoms with Crippen LogP contribution in [-0.4, -0.2) is 17.7 Å². The van der Waals surface area contributed by atoms with Crippen molar-refractivity contribution in [3.63, 3.8) is 0 Å². The number of hydrogen-bond donors (Lipinski definition) is 1. The van der Waals surface area contributed by atoms with Gasteiger partial charge in [0, 0.05) is 11.3 Å². The number of rotatable bonds is 5. The van der Waals surface area contributed by atoms with Crippen molar-refractivity contribution in [2.45, 2.75) is 46.5 Å². The molecule has 5 nitrogen and oxygen atoms in total. The predicted octanol–water partition coefficient (Wildman–Crippen LogP) is 4.91. The first kappa shape index (κ1) is 21.0. The Labute approximate surface area is 183 Å². The third kappa shape index (κ3) is 3.80. The second-order valence-corrected chi connectivity index (χ2v) is 8.37. The van der Waals surface area contributed by atoms with Gasteiger partial charge in [0.05, 0.1) is 17.5 Å². The van der Waals surface area contributed by atoms with Crippen LogP contribution >= 0.6 is 0 Å². The van der Waals surface area contributed by atoms with Gasteiger partial charge in [-0.1, -0.05) is 43.7 Å². The van der Waals surface area contributed by atoms with Gasteiger partial charge in [-0.3, -0.25) is 19.3 Å². The smallest absolute Gasteiger partial charge is 0.255 e. The molecule has 0 unspecified atom stereocenters. The zero-order chi connectivity index (χ0) is 22.1. The van der Waals surface area contributed by atoms with E-state index in [0.29, 0.717) is 24.1 Å². The third-order valence-corrected chi connectivity index (χ3v) is 6.45. The summed E-state index contributed by atoms with van der Waals surface area (Å²) in [5.41, 5.74) is 5.26. The normalized spacial score (nSPS) is 20.5. The van der Waals surface area contributed by atoms with E-state index in [-0.39, 0.29) is 29.6 Å². The van der Waals surface area contributed by atoms with E-state index in [1.54, 1.807) is 24.3 Å². The topological polar surface area (TPSA) is 66.5 Å². The van der Waals surface area contributed by atoms with Gasteiger partial charge in [0.2, 0.25) is 11.8 Å². The SMILES string of the molecule is CCc1cccc(CC)c1NC(=O)c1ccc(N2C(=O)[C@@H]3CC=C(C)C[C@H]3C2=O)cc1. The number of aryl methyl sites for hydroxylation is 2. The quantitative estimate of drug-likeness (QED) is 0.556. The first-order valence-corrected chi connectivity index (χ1v) is 11.0. The van der Waals surface area contributed by atoms with Crippen LogP contribution in [-0.2, 0) is 22.4 Å². The summed E-state index contributed by atoms with van der Waals surface area (Å²) in [5, 5.41) is 3.06. The van der Waals surface area contributed by atoms with Gasteiger partial charge in [-0.2, -0.15) is 0 Å². The van der Waals surface area contributed by atoms with Gasteiger partial charge in [-0.05, 0) is 68.0 Å². The van der Waals surface area contributed by atoms with Crippen molar-refractivity contribution < 1.29 is 14.4 Å². The summed E-state index contributed by atoms with van der Waals surface area (Å²) >= 11 is 0. The van der Waals surface area contributed by atoms with Crippen LogP contribution in [0.4, 0.5) is 11.4 Å². The number of nitrogens with zero attached hydrogens (tertiary/aromatic N) is 1. The highest BCUT2D eigenvalue weighted by Gasteiger charge is 2.48. The molecule has 4 rings (SSSR count).